The van der Waals surface area contributed by atoms with E-state index in [-0.39, 0.29) is 6.61 Å². The van der Waals surface area contributed by atoms with Gasteiger partial charge in [-0.25, -0.2) is 0 Å². The van der Waals surface area contributed by atoms with Crippen molar-refractivity contribution in [1.29, 1.82) is 5.26 Å². The van der Waals surface area contributed by atoms with E-state index in [1.807, 2.05) is 36.4 Å². The Hall–Kier alpha value is -3.85. The van der Waals surface area contributed by atoms with Crippen LogP contribution in [0.4, 0.5) is 0 Å². The van der Waals surface area contributed by atoms with Crippen LogP contribution in [0.3, 0.4) is 0 Å². The van der Waals surface area contributed by atoms with Crippen molar-refractivity contribution in [1.82, 2.24) is 10.9 Å². The number of rotatable bonds is 4. The van der Waals surface area contributed by atoms with E-state index < -0.39 is 11.8 Å². The van der Waals surface area contributed by atoms with E-state index >= 15 is 0 Å². The van der Waals surface area contributed by atoms with Crippen molar-refractivity contribution in [2.24, 2.45) is 0 Å². The lowest BCUT2D eigenvalue weighted by atomic mass is 10.1. The van der Waals surface area contributed by atoms with E-state index in [1.54, 1.807) is 36.4 Å². The van der Waals surface area contributed by atoms with Gasteiger partial charge in [-0.2, -0.15) is 5.26 Å². The monoisotopic (exact) mass is 345 g/mol. The molecule has 0 saturated carbocycles. The van der Waals surface area contributed by atoms with Crippen molar-refractivity contribution >= 4 is 22.6 Å². The molecule has 0 radical (unpaired) electrons. The fraction of sp³-hybridized carbons (Fsp3) is 0.0500. The van der Waals surface area contributed by atoms with Crippen LogP contribution in [0.25, 0.3) is 10.8 Å². The molecule has 0 aromatic heterocycles. The van der Waals surface area contributed by atoms with Crippen molar-refractivity contribution in [3.63, 3.8) is 0 Å². The molecule has 128 valence electrons. The van der Waals surface area contributed by atoms with E-state index in [0.717, 1.165) is 10.8 Å². The number of nitrogens with zero attached hydrogens (tertiary/aromatic N) is 1. The van der Waals surface area contributed by atoms with Gasteiger partial charge in [0, 0.05) is 5.56 Å². The summed E-state index contributed by atoms with van der Waals surface area (Å²) in [6, 6.07) is 21.4. The number of benzene rings is 3. The smallest absolute Gasteiger partial charge is 0.276 e. The fourth-order valence-electron chi connectivity index (χ4n) is 2.34. The molecule has 0 aliphatic carbocycles. The van der Waals surface area contributed by atoms with Crippen LogP contribution in [0.15, 0.2) is 66.7 Å². The van der Waals surface area contributed by atoms with Crippen molar-refractivity contribution in [3.8, 4) is 11.8 Å². The van der Waals surface area contributed by atoms with Crippen molar-refractivity contribution in [2.75, 3.05) is 6.61 Å². The van der Waals surface area contributed by atoms with E-state index in [0.29, 0.717) is 16.9 Å². The number of amides is 2. The number of carbonyl (C=O) groups is 2. The van der Waals surface area contributed by atoms with Gasteiger partial charge in [0.05, 0.1) is 11.6 Å². The van der Waals surface area contributed by atoms with Crippen molar-refractivity contribution in [3.05, 3.63) is 77.9 Å². The van der Waals surface area contributed by atoms with Gasteiger partial charge < -0.3 is 4.74 Å². The molecule has 3 rings (SSSR count). The van der Waals surface area contributed by atoms with E-state index in [1.165, 1.54) is 0 Å². The van der Waals surface area contributed by atoms with Crippen LogP contribution in [-0.4, -0.2) is 18.4 Å². The highest BCUT2D eigenvalue weighted by Crippen LogP contribution is 2.15. The molecule has 0 aliphatic heterocycles. The zero-order valence-corrected chi connectivity index (χ0v) is 13.7. The van der Waals surface area contributed by atoms with Crippen molar-refractivity contribution < 1.29 is 14.3 Å². The lowest BCUT2D eigenvalue weighted by Gasteiger charge is -2.09. The molecule has 0 unspecified atom stereocenters. The Kier molecular flexibility index (Phi) is 5.11. The van der Waals surface area contributed by atoms with Crippen LogP contribution < -0.4 is 15.6 Å². The number of nitriles is 1. The summed E-state index contributed by atoms with van der Waals surface area (Å²) in [7, 11) is 0. The molecule has 26 heavy (non-hydrogen) atoms. The van der Waals surface area contributed by atoms with Crippen molar-refractivity contribution in [2.45, 2.75) is 0 Å². The van der Waals surface area contributed by atoms with Crippen LogP contribution >= 0.6 is 0 Å². The first-order valence-electron chi connectivity index (χ1n) is 7.86. The maximum Gasteiger partial charge on any atom is 0.276 e. The number of nitrogens with one attached hydrogen (secondary N) is 2. The minimum Gasteiger partial charge on any atom is -0.484 e. The zero-order valence-electron chi connectivity index (χ0n) is 13.7. The first kappa shape index (κ1) is 17.0. The summed E-state index contributed by atoms with van der Waals surface area (Å²) in [6.45, 7) is -0.260. The third-order valence-electron chi connectivity index (χ3n) is 3.68. The summed E-state index contributed by atoms with van der Waals surface area (Å²) in [4.78, 5) is 23.9. The van der Waals surface area contributed by atoms with Gasteiger partial charge in [0.2, 0.25) is 0 Å². The SMILES string of the molecule is N#Cc1ccc(OCC(=O)NNC(=O)c2ccc3ccccc3c2)cc1. The molecule has 0 atom stereocenters. The molecule has 0 bridgehead atoms. The summed E-state index contributed by atoms with van der Waals surface area (Å²) in [5.41, 5.74) is 5.61. The molecular weight excluding hydrogens is 330 g/mol. The van der Waals surface area contributed by atoms with Gasteiger partial charge in [0.25, 0.3) is 11.8 Å². The Balaban J connectivity index is 1.51. The van der Waals surface area contributed by atoms with Gasteiger partial charge in [0.15, 0.2) is 6.61 Å². The van der Waals surface area contributed by atoms with Gasteiger partial charge in [-0.15, -0.1) is 0 Å². The molecule has 0 fully saturated rings. The Labute approximate surface area is 150 Å². The largest absolute Gasteiger partial charge is 0.484 e. The predicted octanol–water partition coefficient (Wildman–Crippen LogP) is 2.55. The topological polar surface area (TPSA) is 91.2 Å². The first-order valence-corrected chi connectivity index (χ1v) is 7.86. The molecule has 0 spiro atoms. The molecule has 0 saturated heterocycles. The Morgan fingerprint density at radius 2 is 1.65 bits per heavy atom. The summed E-state index contributed by atoms with van der Waals surface area (Å²) in [6.07, 6.45) is 0. The van der Waals surface area contributed by atoms with Crippen LogP contribution in [0.5, 0.6) is 5.75 Å². The number of hydrogen-bond acceptors (Lipinski definition) is 4. The highest BCUT2D eigenvalue weighted by molar-refractivity contribution is 5.99. The Morgan fingerprint density at radius 1 is 0.923 bits per heavy atom. The summed E-state index contributed by atoms with van der Waals surface area (Å²) >= 11 is 0. The minimum atomic E-state index is -0.497. The van der Waals surface area contributed by atoms with Gasteiger partial charge in [-0.1, -0.05) is 30.3 Å². The van der Waals surface area contributed by atoms with Crippen LogP contribution in [-0.2, 0) is 4.79 Å². The molecule has 6 heteroatoms. The maximum absolute atomic E-state index is 12.1. The summed E-state index contributed by atoms with van der Waals surface area (Å²) < 4.78 is 5.29. The van der Waals surface area contributed by atoms with E-state index in [2.05, 4.69) is 10.9 Å². The summed E-state index contributed by atoms with van der Waals surface area (Å²) in [5, 5.41) is 10.7. The van der Waals surface area contributed by atoms with E-state index in [4.69, 9.17) is 10.00 Å². The fourth-order valence-corrected chi connectivity index (χ4v) is 2.34. The number of hydrogen-bond donors (Lipinski definition) is 2. The van der Waals surface area contributed by atoms with E-state index in [9.17, 15) is 9.59 Å². The predicted molar refractivity (Wildman–Crippen MR) is 96.2 cm³/mol. The normalized spacial score (nSPS) is 9.96. The Bertz CT molecular complexity index is 991. The Morgan fingerprint density at radius 3 is 2.38 bits per heavy atom. The molecular formula is C20H15N3O3. The lowest BCUT2D eigenvalue weighted by Crippen LogP contribution is -2.43. The average Bonchev–Trinajstić information content (AvgIpc) is 2.70. The molecule has 6 nitrogen and oxygen atoms in total. The van der Waals surface area contributed by atoms with Crippen LogP contribution in [0, 0.1) is 11.3 Å². The zero-order chi connectivity index (χ0) is 18.4. The molecule has 2 amide bonds. The maximum atomic E-state index is 12.1. The third-order valence-corrected chi connectivity index (χ3v) is 3.68. The second-order valence-electron chi connectivity index (χ2n) is 5.49. The number of fused-ring (bicyclic) bond motifs is 1. The standard InChI is InChI=1S/C20H15N3O3/c21-12-14-5-9-18(10-6-14)26-13-19(24)22-23-20(25)17-8-7-15-3-1-2-4-16(15)11-17/h1-11H,13H2,(H,22,24)(H,23,25). The quantitative estimate of drug-likeness (QED) is 0.711. The lowest BCUT2D eigenvalue weighted by molar-refractivity contribution is -0.123. The molecule has 3 aromatic rings. The third kappa shape index (κ3) is 4.16. The van der Waals surface area contributed by atoms with Crippen LogP contribution in [0.2, 0.25) is 0 Å². The number of hydrazine groups is 1. The van der Waals surface area contributed by atoms with Gasteiger partial charge in [0.1, 0.15) is 5.75 Å². The molecule has 0 aliphatic rings. The second kappa shape index (κ2) is 7.81. The van der Waals surface area contributed by atoms with Gasteiger partial charge >= 0.3 is 0 Å². The first-order chi connectivity index (χ1) is 12.7. The highest BCUT2D eigenvalue weighted by Gasteiger charge is 2.08. The molecule has 2 N–H and O–H groups in total. The van der Waals surface area contributed by atoms with Crippen LogP contribution in [0.1, 0.15) is 15.9 Å². The average molecular weight is 345 g/mol. The van der Waals surface area contributed by atoms with Gasteiger partial charge in [-0.3, -0.25) is 20.4 Å². The highest BCUT2D eigenvalue weighted by atomic mass is 16.5. The molecule has 3 aromatic carbocycles. The minimum absolute atomic E-state index is 0.260. The number of ether oxygens (including phenoxy) is 1. The second-order valence-corrected chi connectivity index (χ2v) is 5.49. The molecule has 0 heterocycles. The summed E-state index contributed by atoms with van der Waals surface area (Å²) in [5.74, 6) is -0.453. The van der Waals surface area contributed by atoms with Gasteiger partial charge in [-0.05, 0) is 47.2 Å². The number of carbonyl (C=O) groups excluding carboxylic acids is 2.